The molecule has 2 aliphatic rings. The van der Waals surface area contributed by atoms with Gasteiger partial charge in [0, 0.05) is 44.8 Å². The topological polar surface area (TPSA) is 72.6 Å². The number of nitriles is 1. The fourth-order valence-electron chi connectivity index (χ4n) is 5.59. The lowest BCUT2D eigenvalue weighted by Gasteiger charge is -2.39. The predicted molar refractivity (Wildman–Crippen MR) is 176 cm³/mol. The number of anilines is 2. The highest BCUT2D eigenvalue weighted by Crippen LogP contribution is 2.36. The molecule has 1 aromatic heterocycles. The number of thioether (sulfide) groups is 1. The minimum Gasteiger partial charge on any atom is -0.366 e. The Labute approximate surface area is 261 Å². The van der Waals surface area contributed by atoms with Gasteiger partial charge < -0.3 is 9.80 Å². The molecule has 7 nitrogen and oxygen atoms in total. The van der Waals surface area contributed by atoms with Gasteiger partial charge in [0.15, 0.2) is 0 Å². The van der Waals surface area contributed by atoms with Crippen LogP contribution >= 0.6 is 24.0 Å². The summed E-state index contributed by atoms with van der Waals surface area (Å²) < 4.78 is 16.7. The van der Waals surface area contributed by atoms with Gasteiger partial charge in [0.2, 0.25) is 0 Å². The molecule has 3 heterocycles. The van der Waals surface area contributed by atoms with E-state index in [1.807, 2.05) is 41.3 Å². The molecule has 2 fully saturated rings. The first-order valence-electron chi connectivity index (χ1n) is 14.5. The monoisotopic (exact) mass is 615 g/mol. The number of para-hydroxylation sites is 1. The molecule has 0 bridgehead atoms. The Hall–Kier alpha value is -3.94. The lowest BCUT2D eigenvalue weighted by Crippen LogP contribution is -2.49. The number of hydrogen-bond acceptors (Lipinski definition) is 7. The largest absolute Gasteiger partial charge is 0.366 e. The minimum atomic E-state index is -0.326. The molecule has 0 saturated carbocycles. The van der Waals surface area contributed by atoms with Gasteiger partial charge in [-0.15, -0.1) is 0 Å². The third kappa shape index (κ3) is 6.38. The van der Waals surface area contributed by atoms with Crippen molar-refractivity contribution in [3.8, 4) is 6.07 Å². The van der Waals surface area contributed by atoms with Crippen LogP contribution in [0.5, 0.6) is 0 Å². The van der Waals surface area contributed by atoms with Crippen molar-refractivity contribution < 1.29 is 9.18 Å². The van der Waals surface area contributed by atoms with Crippen LogP contribution < -0.4 is 15.4 Å². The third-order valence-corrected chi connectivity index (χ3v) is 9.35. The zero-order valence-corrected chi connectivity index (χ0v) is 26.0. The van der Waals surface area contributed by atoms with Crippen LogP contribution in [0.3, 0.4) is 0 Å². The number of aromatic nitrogens is 1. The number of halogens is 1. The Kier molecular flexibility index (Phi) is 9.63. The van der Waals surface area contributed by atoms with Crippen LogP contribution in [0.25, 0.3) is 6.08 Å². The first kappa shape index (κ1) is 30.5. The number of hydrogen-bond donors (Lipinski definition) is 0. The zero-order valence-electron chi connectivity index (χ0n) is 24.4. The number of pyridine rings is 1. The molecule has 2 aromatic carbocycles. The van der Waals surface area contributed by atoms with Gasteiger partial charge in [-0.25, -0.2) is 4.39 Å². The summed E-state index contributed by atoms with van der Waals surface area (Å²) >= 11 is 6.86. The Balaban J connectivity index is 1.51. The zero-order chi connectivity index (χ0) is 30.5. The van der Waals surface area contributed by atoms with Gasteiger partial charge in [-0.05, 0) is 49.1 Å². The summed E-state index contributed by atoms with van der Waals surface area (Å²) in [5.41, 5.74) is 2.65. The van der Waals surface area contributed by atoms with Crippen molar-refractivity contribution >= 4 is 51.8 Å². The summed E-state index contributed by atoms with van der Waals surface area (Å²) in [5, 5.41) is 10.00. The van der Waals surface area contributed by atoms with Crippen LogP contribution in [0.15, 0.2) is 64.3 Å². The summed E-state index contributed by atoms with van der Waals surface area (Å²) in [6.45, 7) is 6.95. The molecule has 0 radical (unpaired) electrons. The summed E-state index contributed by atoms with van der Waals surface area (Å²) in [4.78, 5) is 33.5. The van der Waals surface area contributed by atoms with Gasteiger partial charge in [0.1, 0.15) is 27.6 Å². The molecular weight excluding hydrogens is 582 g/mol. The lowest BCUT2D eigenvalue weighted by atomic mass is 10.0. The molecule has 3 aromatic rings. The molecular formula is C33H34FN5O2S2. The van der Waals surface area contributed by atoms with Gasteiger partial charge >= 0.3 is 0 Å². The number of piperazine rings is 1. The Morgan fingerprint density at radius 1 is 1.00 bits per heavy atom. The maximum absolute atomic E-state index is 14.5. The second-order valence-corrected chi connectivity index (χ2v) is 12.3. The van der Waals surface area contributed by atoms with Crippen LogP contribution in [-0.2, 0) is 17.8 Å². The summed E-state index contributed by atoms with van der Waals surface area (Å²) in [6.07, 6.45) is 4.12. The maximum Gasteiger partial charge on any atom is 0.270 e. The van der Waals surface area contributed by atoms with Gasteiger partial charge in [-0.1, -0.05) is 79.8 Å². The smallest absolute Gasteiger partial charge is 0.270 e. The number of carbonyl (C=O) groups is 1. The van der Waals surface area contributed by atoms with E-state index in [2.05, 4.69) is 17.9 Å². The molecule has 43 heavy (non-hydrogen) atoms. The number of carbonyl (C=O) groups excluding carboxylic acids is 1. The van der Waals surface area contributed by atoms with E-state index in [4.69, 9.17) is 12.2 Å². The number of rotatable bonds is 9. The molecule has 2 saturated heterocycles. The Morgan fingerprint density at radius 3 is 2.35 bits per heavy atom. The van der Waals surface area contributed by atoms with E-state index in [0.29, 0.717) is 77.5 Å². The highest BCUT2D eigenvalue weighted by atomic mass is 32.2. The van der Waals surface area contributed by atoms with E-state index >= 15 is 0 Å². The number of unbranched alkanes of at least 4 members (excludes halogenated alkanes) is 1. The third-order valence-electron chi connectivity index (χ3n) is 7.97. The first-order valence-corrected chi connectivity index (χ1v) is 15.8. The molecule has 0 atom stereocenters. The van der Waals surface area contributed by atoms with Crippen molar-refractivity contribution in [3.63, 3.8) is 0 Å². The van der Waals surface area contributed by atoms with Gasteiger partial charge in [-0.3, -0.25) is 19.1 Å². The molecule has 222 valence electrons. The van der Waals surface area contributed by atoms with Crippen LogP contribution in [0, 0.1) is 24.1 Å². The molecule has 0 aliphatic carbocycles. The maximum atomic E-state index is 14.5. The Bertz CT molecular complexity index is 1660. The predicted octanol–water partition coefficient (Wildman–Crippen LogP) is 5.74. The molecule has 1 amide bonds. The van der Waals surface area contributed by atoms with Crippen molar-refractivity contribution in [1.29, 1.82) is 5.26 Å². The lowest BCUT2D eigenvalue weighted by molar-refractivity contribution is -0.122. The van der Waals surface area contributed by atoms with Crippen molar-refractivity contribution in [2.45, 2.75) is 39.7 Å². The van der Waals surface area contributed by atoms with Crippen molar-refractivity contribution in [2.24, 2.45) is 0 Å². The number of amides is 1. The summed E-state index contributed by atoms with van der Waals surface area (Å²) in [7, 11) is 0. The van der Waals surface area contributed by atoms with E-state index in [1.54, 1.807) is 34.6 Å². The fraction of sp³-hybridized carbons (Fsp3) is 0.333. The SMILES string of the molecule is CCCCn1c(N2CCN(c3ccccc3F)CC2)c(/C=C2\SC(=S)N(CCc3ccccc3)C2=O)c(C)c(C#N)c1=O. The normalized spacial score (nSPS) is 16.3. The van der Waals surface area contributed by atoms with E-state index in [0.717, 1.165) is 18.4 Å². The minimum absolute atomic E-state index is 0.0793. The van der Waals surface area contributed by atoms with E-state index < -0.39 is 0 Å². The molecule has 0 N–H and O–H groups in total. The summed E-state index contributed by atoms with van der Waals surface area (Å²) in [6, 6.07) is 18.8. The van der Waals surface area contributed by atoms with Gasteiger partial charge in [-0.2, -0.15) is 5.26 Å². The first-order chi connectivity index (χ1) is 20.8. The molecule has 2 aliphatic heterocycles. The molecule has 5 rings (SSSR count). The average molecular weight is 616 g/mol. The second kappa shape index (κ2) is 13.6. The van der Waals surface area contributed by atoms with E-state index in [-0.39, 0.29) is 22.8 Å². The number of benzene rings is 2. The van der Waals surface area contributed by atoms with Crippen molar-refractivity contribution in [2.75, 3.05) is 42.5 Å². The van der Waals surface area contributed by atoms with E-state index in [9.17, 15) is 19.2 Å². The van der Waals surface area contributed by atoms with Crippen LogP contribution in [0.4, 0.5) is 15.9 Å². The van der Waals surface area contributed by atoms with Crippen molar-refractivity contribution in [1.82, 2.24) is 9.47 Å². The number of nitrogens with zero attached hydrogens (tertiary/aromatic N) is 5. The van der Waals surface area contributed by atoms with Crippen molar-refractivity contribution in [3.05, 3.63) is 97.9 Å². The molecule has 0 spiro atoms. The fourth-order valence-corrected chi connectivity index (χ4v) is 6.88. The average Bonchev–Trinajstić information content (AvgIpc) is 3.29. The van der Waals surface area contributed by atoms with Gasteiger partial charge in [0.05, 0.1) is 10.6 Å². The highest BCUT2D eigenvalue weighted by molar-refractivity contribution is 8.26. The molecule has 0 unspecified atom stereocenters. The van der Waals surface area contributed by atoms with Crippen LogP contribution in [-0.4, -0.2) is 52.4 Å². The van der Waals surface area contributed by atoms with E-state index in [1.165, 1.54) is 17.8 Å². The van der Waals surface area contributed by atoms with Crippen LogP contribution in [0.2, 0.25) is 0 Å². The summed E-state index contributed by atoms with van der Waals surface area (Å²) in [5.74, 6) is 0.253. The Morgan fingerprint density at radius 2 is 1.67 bits per heavy atom. The van der Waals surface area contributed by atoms with Gasteiger partial charge in [0.25, 0.3) is 11.5 Å². The standard InChI is InChI=1S/C33H34FN5O2S2/c1-3-4-15-38-30(37-19-17-36(18-20-37)28-13-9-8-12-27(28)34)25(23(2)26(22-35)31(38)40)21-29-32(41)39(33(42)43-29)16-14-24-10-6-5-7-11-24/h5-13,21H,3-4,14-20H2,1-2H3/b29-21-. The second-order valence-electron chi connectivity index (χ2n) is 10.7. The molecule has 10 heteroatoms. The number of thiocarbonyl (C=S) groups is 1. The highest BCUT2D eigenvalue weighted by Gasteiger charge is 2.33. The quantitative estimate of drug-likeness (QED) is 0.225. The van der Waals surface area contributed by atoms with Crippen LogP contribution in [0.1, 0.15) is 42.0 Å².